The van der Waals surface area contributed by atoms with E-state index in [0.717, 1.165) is 6.42 Å². The van der Waals surface area contributed by atoms with Gasteiger partial charge in [0.25, 0.3) is 0 Å². The van der Waals surface area contributed by atoms with E-state index in [9.17, 15) is 5.11 Å². The Labute approximate surface area is 89.6 Å². The van der Waals surface area contributed by atoms with Gasteiger partial charge in [0.05, 0.1) is 17.8 Å². The number of hydrogen-bond acceptors (Lipinski definition) is 4. The van der Waals surface area contributed by atoms with Crippen molar-refractivity contribution in [2.45, 2.75) is 25.8 Å². The van der Waals surface area contributed by atoms with Crippen LogP contribution in [-0.4, -0.2) is 22.2 Å². The van der Waals surface area contributed by atoms with E-state index in [1.807, 2.05) is 19.9 Å². The normalized spacial score (nSPS) is 14.0. The zero-order valence-corrected chi connectivity index (χ0v) is 8.99. The number of aliphatic hydroxyl groups is 1. The van der Waals surface area contributed by atoms with Crippen molar-refractivity contribution in [1.82, 2.24) is 4.98 Å². The fourth-order valence-corrected chi connectivity index (χ4v) is 1.16. The maximum atomic E-state index is 9.24. The number of aromatic nitrogens is 1. The molecule has 0 saturated carbocycles. The molecule has 1 atom stereocenters. The molecule has 0 amide bonds. The first kappa shape index (κ1) is 11.5. The van der Waals surface area contributed by atoms with Crippen LogP contribution in [0.2, 0.25) is 0 Å². The molecule has 0 saturated heterocycles. The first-order chi connectivity index (χ1) is 7.15. The largest absolute Gasteiger partial charge is 0.394 e. The Balaban J connectivity index is 2.94. The van der Waals surface area contributed by atoms with Gasteiger partial charge in [-0.1, -0.05) is 6.92 Å². The number of nitrogens with one attached hydrogen (secondary N) is 1. The van der Waals surface area contributed by atoms with E-state index in [2.05, 4.69) is 10.3 Å². The summed E-state index contributed by atoms with van der Waals surface area (Å²) in [6, 6.07) is 5.56. The molecular weight excluding hydrogens is 190 g/mol. The Kier molecular flexibility index (Phi) is 3.64. The van der Waals surface area contributed by atoms with Crippen molar-refractivity contribution in [1.29, 1.82) is 5.26 Å². The molecule has 0 radical (unpaired) electrons. The number of rotatable bonds is 4. The van der Waals surface area contributed by atoms with E-state index in [1.54, 1.807) is 18.3 Å². The minimum atomic E-state index is -0.408. The Bertz CT molecular complexity index is 366. The Morgan fingerprint density at radius 3 is 2.93 bits per heavy atom. The summed E-state index contributed by atoms with van der Waals surface area (Å²) in [5.41, 5.74) is 0.610. The predicted octanol–water partition coefficient (Wildman–Crippen LogP) is 1.53. The van der Waals surface area contributed by atoms with Crippen molar-refractivity contribution in [3.05, 3.63) is 24.0 Å². The van der Waals surface area contributed by atoms with Crippen molar-refractivity contribution in [2.75, 3.05) is 11.9 Å². The number of aliphatic hydroxyl groups excluding tert-OH is 1. The molecule has 4 nitrogen and oxygen atoms in total. The third-order valence-electron chi connectivity index (χ3n) is 2.48. The molecule has 1 heterocycles. The Morgan fingerprint density at radius 2 is 2.40 bits per heavy atom. The molecule has 0 aliphatic heterocycles. The van der Waals surface area contributed by atoms with Gasteiger partial charge in [-0.2, -0.15) is 5.26 Å². The van der Waals surface area contributed by atoms with Gasteiger partial charge in [0.2, 0.25) is 0 Å². The summed E-state index contributed by atoms with van der Waals surface area (Å²) in [6.07, 6.45) is 2.34. The Morgan fingerprint density at radius 1 is 1.67 bits per heavy atom. The molecule has 15 heavy (non-hydrogen) atoms. The summed E-state index contributed by atoms with van der Waals surface area (Å²) >= 11 is 0. The number of pyridine rings is 1. The van der Waals surface area contributed by atoms with Gasteiger partial charge >= 0.3 is 0 Å². The second-order valence-corrected chi connectivity index (χ2v) is 3.71. The molecule has 1 aromatic rings. The van der Waals surface area contributed by atoms with E-state index in [-0.39, 0.29) is 6.61 Å². The molecule has 0 aliphatic rings. The third kappa shape index (κ3) is 2.67. The second kappa shape index (κ2) is 4.76. The van der Waals surface area contributed by atoms with Crippen molar-refractivity contribution in [3.8, 4) is 6.07 Å². The van der Waals surface area contributed by atoms with Gasteiger partial charge in [-0.25, -0.2) is 4.98 Å². The first-order valence-corrected chi connectivity index (χ1v) is 4.89. The highest BCUT2D eigenvalue weighted by molar-refractivity contribution is 5.54. The predicted molar refractivity (Wildman–Crippen MR) is 58.4 cm³/mol. The smallest absolute Gasteiger partial charge is 0.163 e. The van der Waals surface area contributed by atoms with Crippen molar-refractivity contribution >= 4 is 5.69 Å². The van der Waals surface area contributed by atoms with Crippen LogP contribution in [0, 0.1) is 11.3 Å². The van der Waals surface area contributed by atoms with Crippen LogP contribution in [0.1, 0.15) is 26.0 Å². The molecular formula is C11H15N3O. The topological polar surface area (TPSA) is 68.9 Å². The lowest BCUT2D eigenvalue weighted by atomic mass is 9.99. The van der Waals surface area contributed by atoms with E-state index in [4.69, 9.17) is 5.26 Å². The lowest BCUT2D eigenvalue weighted by Gasteiger charge is -2.28. The monoisotopic (exact) mass is 205 g/mol. The first-order valence-electron chi connectivity index (χ1n) is 4.89. The molecule has 0 bridgehead atoms. The third-order valence-corrected chi connectivity index (χ3v) is 2.48. The van der Waals surface area contributed by atoms with Crippen LogP contribution >= 0.6 is 0 Å². The molecule has 4 heteroatoms. The van der Waals surface area contributed by atoms with E-state index in [1.165, 1.54) is 0 Å². The highest BCUT2D eigenvalue weighted by atomic mass is 16.3. The lowest BCUT2D eigenvalue weighted by molar-refractivity contribution is 0.219. The van der Waals surface area contributed by atoms with Gasteiger partial charge in [0.1, 0.15) is 6.07 Å². The summed E-state index contributed by atoms with van der Waals surface area (Å²) in [7, 11) is 0. The molecule has 0 fully saturated rings. The number of nitrogens with zero attached hydrogens (tertiary/aromatic N) is 2. The van der Waals surface area contributed by atoms with Crippen LogP contribution in [0.3, 0.4) is 0 Å². The zero-order chi connectivity index (χ0) is 11.3. The number of nitriles is 1. The van der Waals surface area contributed by atoms with Crippen molar-refractivity contribution in [3.63, 3.8) is 0 Å². The summed E-state index contributed by atoms with van der Waals surface area (Å²) in [5, 5.41) is 21.2. The average molecular weight is 205 g/mol. The van der Waals surface area contributed by atoms with Crippen molar-refractivity contribution < 1.29 is 5.11 Å². The SMILES string of the molecule is CCC(C)(CO)Nc1cccnc1C#N. The maximum Gasteiger partial charge on any atom is 0.163 e. The second-order valence-electron chi connectivity index (χ2n) is 3.71. The Hall–Kier alpha value is -1.60. The van der Waals surface area contributed by atoms with Crippen LogP contribution in [0.25, 0.3) is 0 Å². The van der Waals surface area contributed by atoms with E-state index >= 15 is 0 Å². The fraction of sp³-hybridized carbons (Fsp3) is 0.455. The molecule has 1 unspecified atom stereocenters. The molecule has 0 aromatic carbocycles. The van der Waals surface area contributed by atoms with Gasteiger partial charge in [-0.15, -0.1) is 0 Å². The lowest BCUT2D eigenvalue weighted by Crippen LogP contribution is -2.38. The summed E-state index contributed by atoms with van der Waals surface area (Å²) in [4.78, 5) is 3.94. The molecule has 0 spiro atoms. The average Bonchev–Trinajstić information content (AvgIpc) is 2.29. The van der Waals surface area contributed by atoms with Crippen LogP contribution in [0.15, 0.2) is 18.3 Å². The maximum absolute atomic E-state index is 9.24. The highest BCUT2D eigenvalue weighted by Gasteiger charge is 2.21. The molecule has 2 N–H and O–H groups in total. The number of hydrogen-bond donors (Lipinski definition) is 2. The minimum Gasteiger partial charge on any atom is -0.394 e. The fourth-order valence-electron chi connectivity index (χ4n) is 1.16. The van der Waals surface area contributed by atoms with E-state index < -0.39 is 5.54 Å². The molecule has 1 aromatic heterocycles. The minimum absolute atomic E-state index is 0.0171. The van der Waals surface area contributed by atoms with Gasteiger partial charge in [0.15, 0.2) is 5.69 Å². The molecule has 80 valence electrons. The van der Waals surface area contributed by atoms with Gasteiger partial charge < -0.3 is 10.4 Å². The molecule has 1 rings (SSSR count). The molecule has 0 aliphatic carbocycles. The van der Waals surface area contributed by atoms with Gasteiger partial charge in [-0.3, -0.25) is 0 Å². The summed E-state index contributed by atoms with van der Waals surface area (Å²) in [6.45, 7) is 3.90. The van der Waals surface area contributed by atoms with Crippen LogP contribution < -0.4 is 5.32 Å². The van der Waals surface area contributed by atoms with Crippen LogP contribution in [-0.2, 0) is 0 Å². The number of anilines is 1. The summed E-state index contributed by atoms with van der Waals surface area (Å²) in [5.74, 6) is 0. The van der Waals surface area contributed by atoms with Crippen molar-refractivity contribution in [2.24, 2.45) is 0 Å². The highest BCUT2D eigenvalue weighted by Crippen LogP contribution is 2.19. The standard InChI is InChI=1S/C11H15N3O/c1-3-11(2,8-15)14-9-5-4-6-13-10(9)7-12/h4-6,14-15H,3,8H2,1-2H3. The van der Waals surface area contributed by atoms with Gasteiger partial charge in [0, 0.05) is 6.20 Å². The van der Waals surface area contributed by atoms with Crippen LogP contribution in [0.4, 0.5) is 5.69 Å². The van der Waals surface area contributed by atoms with Crippen LogP contribution in [0.5, 0.6) is 0 Å². The van der Waals surface area contributed by atoms with Gasteiger partial charge in [-0.05, 0) is 25.5 Å². The van der Waals surface area contributed by atoms with E-state index in [0.29, 0.717) is 11.4 Å². The zero-order valence-electron chi connectivity index (χ0n) is 8.99. The summed E-state index contributed by atoms with van der Waals surface area (Å²) < 4.78 is 0. The quantitative estimate of drug-likeness (QED) is 0.782.